The van der Waals surface area contributed by atoms with Gasteiger partial charge in [-0.15, -0.1) is 0 Å². The highest BCUT2D eigenvalue weighted by Crippen LogP contribution is 2.32. The minimum Gasteiger partial charge on any atom is -0.492 e. The summed E-state index contributed by atoms with van der Waals surface area (Å²) in [5.74, 6) is 0.788. The van der Waals surface area contributed by atoms with Crippen molar-refractivity contribution in [2.45, 2.75) is 57.2 Å². The van der Waals surface area contributed by atoms with E-state index in [0.717, 1.165) is 18.5 Å². The summed E-state index contributed by atoms with van der Waals surface area (Å²) >= 11 is 6.18. The highest BCUT2D eigenvalue weighted by atomic mass is 35.5. The van der Waals surface area contributed by atoms with Crippen LogP contribution < -0.4 is 9.46 Å². The molecule has 0 unspecified atom stereocenters. The minimum atomic E-state index is -3.74. The van der Waals surface area contributed by atoms with Crippen molar-refractivity contribution in [1.29, 1.82) is 0 Å². The maximum absolute atomic E-state index is 13.0. The van der Waals surface area contributed by atoms with Gasteiger partial charge in [-0.05, 0) is 43.9 Å². The fourth-order valence-corrected chi connectivity index (χ4v) is 5.41. The number of sulfonamides is 1. The normalized spacial score (nSPS) is 26.4. The summed E-state index contributed by atoms with van der Waals surface area (Å²) in [5, 5.41) is 0.413. The lowest BCUT2D eigenvalue weighted by Crippen LogP contribution is -2.48. The average molecular weight is 417 g/mol. The zero-order valence-corrected chi connectivity index (χ0v) is 17.9. The quantitative estimate of drug-likeness (QED) is 0.772. The van der Waals surface area contributed by atoms with Gasteiger partial charge in [0.15, 0.2) is 0 Å². The van der Waals surface area contributed by atoms with Crippen LogP contribution in [0.5, 0.6) is 5.75 Å². The lowest BCUT2D eigenvalue weighted by atomic mass is 10.0. The minimum absolute atomic E-state index is 0.0983. The molecule has 3 rings (SSSR count). The van der Waals surface area contributed by atoms with E-state index < -0.39 is 10.0 Å². The zero-order valence-electron chi connectivity index (χ0n) is 16.4. The summed E-state index contributed by atoms with van der Waals surface area (Å²) < 4.78 is 40.4. The molecule has 2 saturated heterocycles. The number of morpholine rings is 1. The molecule has 0 spiro atoms. The van der Waals surface area contributed by atoms with Crippen LogP contribution in [0.1, 0.15) is 32.8 Å². The summed E-state index contributed by atoms with van der Waals surface area (Å²) in [4.78, 5) is 2.44. The third kappa shape index (κ3) is 4.59. The molecule has 3 atom stereocenters. The van der Waals surface area contributed by atoms with E-state index in [0.29, 0.717) is 36.4 Å². The number of fused-ring (bicyclic) bond motifs is 1. The van der Waals surface area contributed by atoms with Crippen LogP contribution in [-0.4, -0.2) is 57.8 Å². The fourth-order valence-electron chi connectivity index (χ4n) is 3.79. The second-order valence-electron chi connectivity index (χ2n) is 7.76. The lowest BCUT2D eigenvalue weighted by Gasteiger charge is -2.36. The number of nitrogens with zero attached hydrogens (tertiary/aromatic N) is 1. The molecule has 0 saturated carbocycles. The van der Waals surface area contributed by atoms with Crippen LogP contribution in [0.4, 0.5) is 0 Å². The molecular weight excluding hydrogens is 388 g/mol. The maximum Gasteiger partial charge on any atom is 0.244 e. The van der Waals surface area contributed by atoms with Gasteiger partial charge in [0.25, 0.3) is 0 Å². The Labute approximate surface area is 167 Å². The summed E-state index contributed by atoms with van der Waals surface area (Å²) in [6.45, 7) is 10.5. The SMILES string of the molecule is CCOc1cc(C)c(Cl)cc1S(=O)(=O)N[C@H]1C[C@H]2CO[C@H](C(C)C)CN2C1. The van der Waals surface area contributed by atoms with Crippen LogP contribution in [0.25, 0.3) is 0 Å². The van der Waals surface area contributed by atoms with Crippen molar-refractivity contribution in [3.63, 3.8) is 0 Å². The number of rotatable bonds is 6. The van der Waals surface area contributed by atoms with Gasteiger partial charge in [0.2, 0.25) is 10.0 Å². The van der Waals surface area contributed by atoms with Crippen LogP contribution in [0, 0.1) is 12.8 Å². The molecule has 2 aliphatic rings. The molecule has 0 bridgehead atoms. The first-order chi connectivity index (χ1) is 12.7. The summed E-state index contributed by atoms with van der Waals surface area (Å²) in [7, 11) is -3.74. The molecule has 0 aliphatic carbocycles. The first kappa shape index (κ1) is 20.9. The summed E-state index contributed by atoms with van der Waals surface area (Å²) in [6, 6.07) is 3.27. The van der Waals surface area contributed by atoms with Crippen LogP contribution >= 0.6 is 11.6 Å². The predicted octanol–water partition coefficient (Wildman–Crippen LogP) is 2.82. The first-order valence-corrected chi connectivity index (χ1v) is 11.4. The van der Waals surface area contributed by atoms with Gasteiger partial charge in [-0.25, -0.2) is 13.1 Å². The van der Waals surface area contributed by atoms with Gasteiger partial charge in [0.05, 0.1) is 19.3 Å². The fraction of sp³-hybridized carbons (Fsp3) is 0.684. The van der Waals surface area contributed by atoms with Gasteiger partial charge in [-0.3, -0.25) is 4.90 Å². The second kappa shape index (κ2) is 8.25. The number of nitrogens with one attached hydrogen (secondary N) is 1. The first-order valence-electron chi connectivity index (χ1n) is 9.52. The van der Waals surface area contributed by atoms with Gasteiger partial charge < -0.3 is 9.47 Å². The number of hydrogen-bond acceptors (Lipinski definition) is 5. The third-order valence-electron chi connectivity index (χ3n) is 5.32. The molecule has 0 aromatic heterocycles. The molecule has 27 heavy (non-hydrogen) atoms. The molecule has 1 aromatic carbocycles. The Hall–Kier alpha value is -0.860. The standard InChI is InChI=1S/C19H29ClN2O4S/c1-5-25-17-6-13(4)16(20)8-19(17)27(23,24)21-14-7-15-11-26-18(12(2)3)10-22(15)9-14/h6,8,12,14-15,18,21H,5,7,9-11H2,1-4H3/t14-,15-,18-/m0/s1. The maximum atomic E-state index is 13.0. The Bertz CT molecular complexity index is 784. The van der Waals surface area contributed by atoms with Crippen molar-refractivity contribution in [3.05, 3.63) is 22.7 Å². The van der Waals surface area contributed by atoms with Crippen molar-refractivity contribution in [1.82, 2.24) is 9.62 Å². The van der Waals surface area contributed by atoms with E-state index in [1.165, 1.54) is 6.07 Å². The van der Waals surface area contributed by atoms with E-state index >= 15 is 0 Å². The lowest BCUT2D eigenvalue weighted by molar-refractivity contribution is -0.0683. The monoisotopic (exact) mass is 416 g/mol. The molecular formula is C19H29ClN2O4S. The number of aryl methyl sites for hydroxylation is 1. The number of benzene rings is 1. The van der Waals surface area contributed by atoms with Crippen molar-refractivity contribution in [2.24, 2.45) is 5.92 Å². The molecule has 2 fully saturated rings. The van der Waals surface area contributed by atoms with Gasteiger partial charge in [0.1, 0.15) is 10.6 Å². The number of hydrogen-bond donors (Lipinski definition) is 1. The molecule has 1 aromatic rings. The molecule has 0 radical (unpaired) electrons. The third-order valence-corrected chi connectivity index (χ3v) is 7.27. The Morgan fingerprint density at radius 2 is 2.11 bits per heavy atom. The number of halogens is 1. The Kier molecular flexibility index (Phi) is 6.37. The van der Waals surface area contributed by atoms with Crippen molar-refractivity contribution in [2.75, 3.05) is 26.3 Å². The van der Waals surface area contributed by atoms with Crippen LogP contribution in [0.3, 0.4) is 0 Å². The molecule has 6 nitrogen and oxygen atoms in total. The molecule has 0 amide bonds. The predicted molar refractivity (Wildman–Crippen MR) is 106 cm³/mol. The zero-order chi connectivity index (χ0) is 19.8. The van der Waals surface area contributed by atoms with E-state index in [9.17, 15) is 8.42 Å². The van der Waals surface area contributed by atoms with Gasteiger partial charge in [-0.2, -0.15) is 0 Å². The average Bonchev–Trinajstić information content (AvgIpc) is 2.98. The van der Waals surface area contributed by atoms with E-state index in [1.807, 2.05) is 13.8 Å². The van der Waals surface area contributed by atoms with Gasteiger partial charge >= 0.3 is 0 Å². The van der Waals surface area contributed by atoms with E-state index in [4.69, 9.17) is 21.1 Å². The topological polar surface area (TPSA) is 67.9 Å². The molecule has 2 aliphatic heterocycles. The van der Waals surface area contributed by atoms with Crippen LogP contribution in [0.15, 0.2) is 17.0 Å². The van der Waals surface area contributed by atoms with E-state index in [-0.39, 0.29) is 23.1 Å². The van der Waals surface area contributed by atoms with Crippen molar-refractivity contribution >= 4 is 21.6 Å². The van der Waals surface area contributed by atoms with E-state index in [2.05, 4.69) is 23.5 Å². The summed E-state index contributed by atoms with van der Waals surface area (Å²) in [5.41, 5.74) is 0.786. The molecule has 1 N–H and O–H groups in total. The Morgan fingerprint density at radius 3 is 2.78 bits per heavy atom. The van der Waals surface area contributed by atoms with Crippen LogP contribution in [-0.2, 0) is 14.8 Å². The van der Waals surface area contributed by atoms with Crippen LogP contribution in [0.2, 0.25) is 5.02 Å². The molecule has 2 heterocycles. The van der Waals surface area contributed by atoms with Crippen molar-refractivity contribution < 1.29 is 17.9 Å². The molecule has 152 valence electrons. The summed E-state index contributed by atoms with van der Waals surface area (Å²) in [6.07, 6.45) is 0.949. The smallest absolute Gasteiger partial charge is 0.244 e. The second-order valence-corrected chi connectivity index (χ2v) is 9.85. The van der Waals surface area contributed by atoms with Gasteiger partial charge in [-0.1, -0.05) is 25.4 Å². The molecule has 8 heteroatoms. The highest BCUT2D eigenvalue weighted by Gasteiger charge is 2.39. The van der Waals surface area contributed by atoms with Crippen molar-refractivity contribution in [3.8, 4) is 5.75 Å². The Balaban J connectivity index is 1.75. The van der Waals surface area contributed by atoms with Gasteiger partial charge in [0, 0.05) is 30.2 Å². The Morgan fingerprint density at radius 1 is 1.37 bits per heavy atom. The van der Waals surface area contributed by atoms with E-state index in [1.54, 1.807) is 6.07 Å². The highest BCUT2D eigenvalue weighted by molar-refractivity contribution is 7.89. The number of ether oxygens (including phenoxy) is 2. The largest absolute Gasteiger partial charge is 0.492 e.